The SMILES string of the molecule is CC(C)(C)OC(=O)N1[C@@H](COc2cccnc2)CC[C@H]1C(=O)N1CCC[C@H]1C#N. The van der Waals surface area contributed by atoms with Crippen molar-refractivity contribution in [2.75, 3.05) is 13.2 Å². The van der Waals surface area contributed by atoms with Gasteiger partial charge >= 0.3 is 6.09 Å². The molecule has 3 heterocycles. The fraction of sp³-hybridized carbons (Fsp3) is 0.619. The highest BCUT2D eigenvalue weighted by molar-refractivity contribution is 5.87. The molecule has 29 heavy (non-hydrogen) atoms. The third-order valence-corrected chi connectivity index (χ3v) is 5.15. The van der Waals surface area contributed by atoms with Crippen molar-refractivity contribution in [3.63, 3.8) is 0 Å². The van der Waals surface area contributed by atoms with Crippen LogP contribution in [0.15, 0.2) is 24.5 Å². The quantitative estimate of drug-likeness (QED) is 0.771. The first-order chi connectivity index (χ1) is 13.8. The molecule has 0 radical (unpaired) electrons. The summed E-state index contributed by atoms with van der Waals surface area (Å²) in [6.07, 6.45) is 5.37. The fourth-order valence-electron chi connectivity index (χ4n) is 3.86. The first kappa shape index (κ1) is 20.9. The summed E-state index contributed by atoms with van der Waals surface area (Å²) in [5.41, 5.74) is -0.676. The Morgan fingerprint density at radius 2 is 2.10 bits per heavy atom. The van der Waals surface area contributed by atoms with Gasteiger partial charge in [0.1, 0.15) is 30.0 Å². The summed E-state index contributed by atoms with van der Waals surface area (Å²) >= 11 is 0. The Hall–Kier alpha value is -2.82. The molecule has 0 spiro atoms. The van der Waals surface area contributed by atoms with Crippen molar-refractivity contribution in [3.05, 3.63) is 24.5 Å². The van der Waals surface area contributed by atoms with Gasteiger partial charge in [0.2, 0.25) is 5.91 Å². The van der Waals surface area contributed by atoms with E-state index in [1.165, 1.54) is 4.90 Å². The van der Waals surface area contributed by atoms with Gasteiger partial charge in [-0.3, -0.25) is 14.7 Å². The number of ether oxygens (including phenoxy) is 2. The summed E-state index contributed by atoms with van der Waals surface area (Å²) in [6.45, 7) is 6.18. The van der Waals surface area contributed by atoms with Crippen molar-refractivity contribution in [2.24, 2.45) is 0 Å². The Kier molecular flexibility index (Phi) is 6.26. The molecule has 2 aliphatic heterocycles. The van der Waals surface area contributed by atoms with E-state index < -0.39 is 23.8 Å². The maximum atomic E-state index is 13.2. The van der Waals surface area contributed by atoms with Crippen molar-refractivity contribution in [1.29, 1.82) is 5.26 Å². The zero-order valence-corrected chi connectivity index (χ0v) is 17.2. The van der Waals surface area contributed by atoms with E-state index in [-0.39, 0.29) is 18.6 Å². The number of carbonyl (C=O) groups excluding carboxylic acids is 2. The number of amides is 2. The smallest absolute Gasteiger partial charge is 0.411 e. The molecule has 0 aliphatic carbocycles. The number of nitriles is 1. The zero-order chi connectivity index (χ0) is 21.0. The van der Waals surface area contributed by atoms with Gasteiger partial charge in [0.25, 0.3) is 0 Å². The van der Waals surface area contributed by atoms with Crippen molar-refractivity contribution < 1.29 is 19.1 Å². The number of pyridine rings is 1. The molecule has 2 fully saturated rings. The standard InChI is InChI=1S/C21H28N4O4/c1-21(2,3)29-20(27)25-16(14-28-17-7-4-10-23-13-17)8-9-18(25)19(26)24-11-5-6-15(24)12-22/h4,7,10,13,15-16,18H,5-6,8-9,11,14H2,1-3H3/t15-,16+,18-/m0/s1. The van der Waals surface area contributed by atoms with E-state index in [0.717, 1.165) is 6.42 Å². The summed E-state index contributed by atoms with van der Waals surface area (Å²) in [4.78, 5) is 33.3. The molecule has 156 valence electrons. The van der Waals surface area contributed by atoms with Gasteiger partial charge in [-0.15, -0.1) is 0 Å². The molecule has 3 rings (SSSR count). The molecule has 1 aromatic heterocycles. The number of hydrogen-bond donors (Lipinski definition) is 0. The summed E-state index contributed by atoms with van der Waals surface area (Å²) in [5, 5.41) is 9.34. The van der Waals surface area contributed by atoms with Gasteiger partial charge in [-0.05, 0) is 58.6 Å². The minimum atomic E-state index is -0.676. The van der Waals surface area contributed by atoms with Gasteiger partial charge in [0, 0.05) is 12.7 Å². The largest absolute Gasteiger partial charge is 0.490 e. The third-order valence-electron chi connectivity index (χ3n) is 5.15. The van der Waals surface area contributed by atoms with Crippen LogP contribution < -0.4 is 4.74 Å². The van der Waals surface area contributed by atoms with Crippen LogP contribution in [-0.4, -0.2) is 63.7 Å². The van der Waals surface area contributed by atoms with Crippen LogP contribution in [0.5, 0.6) is 5.75 Å². The first-order valence-corrected chi connectivity index (χ1v) is 10.0. The number of carbonyl (C=O) groups is 2. The highest BCUT2D eigenvalue weighted by Crippen LogP contribution is 2.30. The van der Waals surface area contributed by atoms with E-state index in [0.29, 0.717) is 31.6 Å². The predicted octanol–water partition coefficient (Wildman–Crippen LogP) is 2.74. The lowest BCUT2D eigenvalue weighted by molar-refractivity contribution is -0.136. The van der Waals surface area contributed by atoms with E-state index in [2.05, 4.69) is 11.1 Å². The monoisotopic (exact) mass is 400 g/mol. The Labute approximate surface area is 171 Å². The van der Waals surface area contributed by atoms with Crippen molar-refractivity contribution in [1.82, 2.24) is 14.8 Å². The van der Waals surface area contributed by atoms with E-state index in [4.69, 9.17) is 9.47 Å². The summed E-state index contributed by atoms with van der Waals surface area (Å²) in [7, 11) is 0. The van der Waals surface area contributed by atoms with E-state index in [1.54, 1.807) is 50.2 Å². The van der Waals surface area contributed by atoms with Crippen molar-refractivity contribution in [3.8, 4) is 11.8 Å². The first-order valence-electron chi connectivity index (χ1n) is 10.0. The van der Waals surface area contributed by atoms with Crippen molar-refractivity contribution in [2.45, 2.75) is 70.2 Å². The average molecular weight is 400 g/mol. The molecule has 2 amide bonds. The lowest BCUT2D eigenvalue weighted by Crippen LogP contribution is -2.53. The van der Waals surface area contributed by atoms with Crippen LogP contribution >= 0.6 is 0 Å². The zero-order valence-electron chi connectivity index (χ0n) is 17.2. The van der Waals surface area contributed by atoms with Gasteiger partial charge in [-0.25, -0.2) is 4.79 Å². The average Bonchev–Trinajstić information content (AvgIpc) is 3.32. The number of rotatable bonds is 4. The van der Waals surface area contributed by atoms with Crippen LogP contribution in [0.25, 0.3) is 0 Å². The normalized spacial score (nSPS) is 24.3. The molecular weight excluding hydrogens is 372 g/mol. The van der Waals surface area contributed by atoms with E-state index >= 15 is 0 Å². The molecule has 2 saturated heterocycles. The molecular formula is C21H28N4O4. The molecule has 0 unspecified atom stereocenters. The van der Waals surface area contributed by atoms with Crippen LogP contribution in [0.1, 0.15) is 46.5 Å². The second-order valence-electron chi connectivity index (χ2n) is 8.45. The molecule has 0 aromatic carbocycles. The summed E-state index contributed by atoms with van der Waals surface area (Å²) < 4.78 is 11.4. The van der Waals surface area contributed by atoms with E-state index in [1.807, 2.05) is 0 Å². The maximum absolute atomic E-state index is 13.2. The van der Waals surface area contributed by atoms with Crippen LogP contribution in [-0.2, 0) is 9.53 Å². The predicted molar refractivity (Wildman–Crippen MR) is 105 cm³/mol. The Morgan fingerprint density at radius 3 is 2.76 bits per heavy atom. The molecule has 3 atom stereocenters. The lowest BCUT2D eigenvalue weighted by Gasteiger charge is -2.34. The van der Waals surface area contributed by atoms with Crippen LogP contribution in [0.3, 0.4) is 0 Å². The number of hydrogen-bond acceptors (Lipinski definition) is 6. The van der Waals surface area contributed by atoms with E-state index in [9.17, 15) is 14.9 Å². The maximum Gasteiger partial charge on any atom is 0.411 e. The molecule has 1 aromatic rings. The number of likely N-dealkylation sites (tertiary alicyclic amines) is 2. The summed E-state index contributed by atoms with van der Waals surface area (Å²) in [5.74, 6) is 0.430. The van der Waals surface area contributed by atoms with Crippen LogP contribution in [0.4, 0.5) is 4.79 Å². The van der Waals surface area contributed by atoms with Gasteiger partial charge in [0.05, 0.1) is 18.3 Å². The Bertz CT molecular complexity index is 771. The second-order valence-corrected chi connectivity index (χ2v) is 8.45. The topological polar surface area (TPSA) is 95.8 Å². The molecule has 0 saturated carbocycles. The molecule has 8 nitrogen and oxygen atoms in total. The molecule has 2 aliphatic rings. The molecule has 0 N–H and O–H groups in total. The van der Waals surface area contributed by atoms with Crippen LogP contribution in [0.2, 0.25) is 0 Å². The summed E-state index contributed by atoms with van der Waals surface area (Å²) in [6, 6.07) is 4.42. The molecule has 0 bridgehead atoms. The fourth-order valence-corrected chi connectivity index (χ4v) is 3.86. The minimum absolute atomic E-state index is 0.177. The number of nitrogens with zero attached hydrogens (tertiary/aromatic N) is 4. The highest BCUT2D eigenvalue weighted by Gasteiger charge is 2.46. The third kappa shape index (κ3) is 4.97. The Morgan fingerprint density at radius 1 is 1.31 bits per heavy atom. The van der Waals surface area contributed by atoms with Crippen molar-refractivity contribution >= 4 is 12.0 Å². The highest BCUT2D eigenvalue weighted by atomic mass is 16.6. The van der Waals surface area contributed by atoms with Gasteiger partial charge in [-0.2, -0.15) is 5.26 Å². The molecule has 8 heteroatoms. The van der Waals surface area contributed by atoms with Crippen LogP contribution in [0, 0.1) is 11.3 Å². The Balaban J connectivity index is 1.77. The van der Waals surface area contributed by atoms with Gasteiger partial charge in [-0.1, -0.05) is 0 Å². The number of aromatic nitrogens is 1. The minimum Gasteiger partial charge on any atom is -0.490 e. The lowest BCUT2D eigenvalue weighted by atomic mass is 10.1. The van der Waals surface area contributed by atoms with Gasteiger partial charge in [0.15, 0.2) is 0 Å². The second kappa shape index (κ2) is 8.68. The van der Waals surface area contributed by atoms with Gasteiger partial charge < -0.3 is 14.4 Å².